The van der Waals surface area contributed by atoms with E-state index in [4.69, 9.17) is 9.47 Å². The quantitative estimate of drug-likeness (QED) is 0.163. The van der Waals surface area contributed by atoms with Crippen molar-refractivity contribution < 1.29 is 55.1 Å². The molecule has 170 valence electrons. The molecule has 2 aliphatic heterocycles. The van der Waals surface area contributed by atoms with Crippen LogP contribution in [-0.4, -0.2) is 132 Å². The van der Waals surface area contributed by atoms with Crippen molar-refractivity contribution in [2.24, 2.45) is 0 Å². The van der Waals surface area contributed by atoms with Crippen LogP contribution >= 0.6 is 11.8 Å². The zero-order chi connectivity index (χ0) is 21.9. The summed E-state index contributed by atoms with van der Waals surface area (Å²) in [4.78, 5) is 11.5. The van der Waals surface area contributed by atoms with E-state index in [2.05, 4.69) is 5.32 Å². The van der Waals surface area contributed by atoms with E-state index < -0.39 is 79.8 Å². The molecule has 0 aliphatic carbocycles. The van der Waals surface area contributed by atoms with Crippen LogP contribution in [0.2, 0.25) is 0 Å². The number of ketones is 1. The molecule has 0 radical (unpaired) electrons. The van der Waals surface area contributed by atoms with Crippen molar-refractivity contribution in [2.75, 3.05) is 19.0 Å². The summed E-state index contributed by atoms with van der Waals surface area (Å²) in [6.07, 6.45) is -14.9. The molecule has 2 aliphatic rings. The molecule has 13 heteroatoms. The van der Waals surface area contributed by atoms with E-state index in [0.717, 1.165) is 0 Å². The molecule has 9 N–H and O–H groups in total. The SMILES string of the molecule is CC(=O)C1CSC(C(O)C(O)C(OC2O[C@H](CO)[C@@H](O)[C@H](O)[C@H]2O)C(O)CO)N1. The Labute approximate surface area is 171 Å². The first kappa shape index (κ1) is 24.8. The third-order valence-electron chi connectivity index (χ3n) is 5.00. The smallest absolute Gasteiger partial charge is 0.187 e. The number of aliphatic hydroxyl groups is 8. The van der Waals surface area contributed by atoms with Gasteiger partial charge in [0.25, 0.3) is 0 Å². The number of hydrogen-bond donors (Lipinski definition) is 9. The molecule has 0 aromatic rings. The van der Waals surface area contributed by atoms with E-state index in [0.29, 0.717) is 5.75 Å². The van der Waals surface area contributed by atoms with E-state index in [-0.39, 0.29) is 5.78 Å². The lowest BCUT2D eigenvalue weighted by Crippen LogP contribution is -2.62. The van der Waals surface area contributed by atoms with Crippen LogP contribution in [0.15, 0.2) is 0 Å². The highest BCUT2D eigenvalue weighted by atomic mass is 32.2. The molecule has 2 fully saturated rings. The third kappa shape index (κ3) is 5.64. The second-order valence-electron chi connectivity index (χ2n) is 7.11. The molecule has 0 aromatic heterocycles. The van der Waals surface area contributed by atoms with Gasteiger partial charge in [0.1, 0.15) is 54.6 Å². The van der Waals surface area contributed by atoms with E-state index in [1.165, 1.54) is 18.7 Å². The highest BCUT2D eigenvalue weighted by molar-refractivity contribution is 8.00. The predicted octanol–water partition coefficient (Wildman–Crippen LogP) is -5.13. The second-order valence-corrected chi connectivity index (χ2v) is 8.29. The van der Waals surface area contributed by atoms with Crippen LogP contribution in [0.5, 0.6) is 0 Å². The van der Waals surface area contributed by atoms with Gasteiger partial charge in [-0.25, -0.2) is 0 Å². The van der Waals surface area contributed by atoms with Gasteiger partial charge in [0.05, 0.1) is 24.6 Å². The summed E-state index contributed by atoms with van der Waals surface area (Å²) in [6, 6.07) is -0.514. The summed E-state index contributed by atoms with van der Waals surface area (Å²) in [5.74, 6) is 0.219. The Morgan fingerprint density at radius 2 is 1.83 bits per heavy atom. The van der Waals surface area contributed by atoms with Gasteiger partial charge >= 0.3 is 0 Å². The maximum atomic E-state index is 11.5. The lowest BCUT2D eigenvalue weighted by Gasteiger charge is -2.42. The maximum absolute atomic E-state index is 11.5. The van der Waals surface area contributed by atoms with Crippen molar-refractivity contribution in [3.05, 3.63) is 0 Å². The first-order valence-corrected chi connectivity index (χ1v) is 10.2. The van der Waals surface area contributed by atoms with Crippen LogP contribution < -0.4 is 5.32 Å². The zero-order valence-corrected chi connectivity index (χ0v) is 16.5. The Hall–Kier alpha value is -0.420. The van der Waals surface area contributed by atoms with Gasteiger partial charge in [-0.3, -0.25) is 10.1 Å². The summed E-state index contributed by atoms with van der Waals surface area (Å²) in [7, 11) is 0. The third-order valence-corrected chi connectivity index (χ3v) is 6.30. The Balaban J connectivity index is 2.11. The summed E-state index contributed by atoms with van der Waals surface area (Å²) in [6.45, 7) is -0.199. The summed E-state index contributed by atoms with van der Waals surface area (Å²) in [5, 5.41) is 81.4. The fourth-order valence-electron chi connectivity index (χ4n) is 3.14. The molecule has 0 saturated carbocycles. The van der Waals surface area contributed by atoms with Crippen molar-refractivity contribution in [1.29, 1.82) is 0 Å². The number of ether oxygens (including phenoxy) is 2. The van der Waals surface area contributed by atoms with Crippen LogP contribution in [0, 0.1) is 0 Å². The fourth-order valence-corrected chi connectivity index (χ4v) is 4.49. The van der Waals surface area contributed by atoms with Gasteiger partial charge in [-0.2, -0.15) is 0 Å². The summed E-state index contributed by atoms with van der Waals surface area (Å²) < 4.78 is 10.5. The molecule has 0 bridgehead atoms. The zero-order valence-electron chi connectivity index (χ0n) is 15.7. The van der Waals surface area contributed by atoms with Gasteiger partial charge in [-0.15, -0.1) is 11.8 Å². The van der Waals surface area contributed by atoms with Gasteiger partial charge in [0.2, 0.25) is 0 Å². The molecule has 0 amide bonds. The summed E-state index contributed by atoms with van der Waals surface area (Å²) >= 11 is 1.17. The van der Waals surface area contributed by atoms with Crippen LogP contribution in [0.4, 0.5) is 0 Å². The molecule has 12 nitrogen and oxygen atoms in total. The summed E-state index contributed by atoms with van der Waals surface area (Å²) in [5.41, 5.74) is 0. The Morgan fingerprint density at radius 3 is 2.34 bits per heavy atom. The molecule has 0 spiro atoms. The van der Waals surface area contributed by atoms with E-state index in [1.807, 2.05) is 0 Å². The van der Waals surface area contributed by atoms with E-state index in [1.54, 1.807) is 0 Å². The number of thioether (sulfide) groups is 1. The number of Topliss-reactive ketones (excluding diaryl/α,β-unsaturated/α-hetero) is 1. The van der Waals surface area contributed by atoms with E-state index >= 15 is 0 Å². The largest absolute Gasteiger partial charge is 0.394 e. The minimum absolute atomic E-state index is 0.147. The van der Waals surface area contributed by atoms with Crippen molar-refractivity contribution in [1.82, 2.24) is 5.32 Å². The van der Waals surface area contributed by atoms with Gasteiger partial charge in [0, 0.05) is 5.75 Å². The highest BCUT2D eigenvalue weighted by Gasteiger charge is 2.48. The molecule has 11 atom stereocenters. The number of carbonyl (C=O) groups excluding carboxylic acids is 1. The Kier molecular flexibility index (Phi) is 9.21. The highest BCUT2D eigenvalue weighted by Crippen LogP contribution is 2.28. The standard InChI is InChI=1S/C16H29NO11S/c1-5(20)6-4-29-15(17-6)12(25)11(24)14(7(21)2-18)28-16-13(26)10(23)9(22)8(3-19)27-16/h6-19,21-26H,2-4H2,1H3/t6?,7?,8-,9-,10+,11?,12?,13-,14?,15?,16?/m1/s1. The predicted molar refractivity (Wildman–Crippen MR) is 97.6 cm³/mol. The van der Waals surface area contributed by atoms with Gasteiger partial charge in [0.15, 0.2) is 6.29 Å². The minimum atomic E-state index is -1.80. The molecule has 29 heavy (non-hydrogen) atoms. The maximum Gasteiger partial charge on any atom is 0.187 e. The Morgan fingerprint density at radius 1 is 1.17 bits per heavy atom. The molecular formula is C16H29NO11S. The van der Waals surface area contributed by atoms with Crippen molar-refractivity contribution in [2.45, 2.75) is 73.5 Å². The topological polar surface area (TPSA) is 209 Å². The minimum Gasteiger partial charge on any atom is -0.394 e. The lowest BCUT2D eigenvalue weighted by molar-refractivity contribution is -0.327. The number of carbonyl (C=O) groups is 1. The monoisotopic (exact) mass is 443 g/mol. The lowest BCUT2D eigenvalue weighted by atomic mass is 9.98. The molecule has 7 unspecified atom stereocenters. The average Bonchev–Trinajstić information content (AvgIpc) is 3.20. The van der Waals surface area contributed by atoms with Gasteiger partial charge in [-0.1, -0.05) is 0 Å². The van der Waals surface area contributed by atoms with Crippen LogP contribution in [0.1, 0.15) is 6.92 Å². The number of nitrogens with one attached hydrogen (secondary N) is 1. The first-order chi connectivity index (χ1) is 13.6. The fraction of sp³-hybridized carbons (Fsp3) is 0.938. The molecular weight excluding hydrogens is 414 g/mol. The van der Waals surface area contributed by atoms with Crippen molar-refractivity contribution >= 4 is 17.5 Å². The molecule has 2 rings (SSSR count). The normalized spacial score (nSPS) is 39.7. The van der Waals surface area contributed by atoms with Crippen molar-refractivity contribution in [3.63, 3.8) is 0 Å². The molecule has 0 aromatic carbocycles. The van der Waals surface area contributed by atoms with Crippen molar-refractivity contribution in [3.8, 4) is 0 Å². The van der Waals surface area contributed by atoms with Crippen LogP contribution in [0.25, 0.3) is 0 Å². The number of rotatable bonds is 9. The van der Waals surface area contributed by atoms with Crippen LogP contribution in [-0.2, 0) is 14.3 Å². The Bertz CT molecular complexity index is 541. The number of hydrogen-bond acceptors (Lipinski definition) is 13. The second kappa shape index (κ2) is 10.7. The first-order valence-electron chi connectivity index (χ1n) is 9.11. The molecule has 2 heterocycles. The van der Waals surface area contributed by atoms with Gasteiger partial charge in [-0.05, 0) is 6.92 Å². The molecule has 2 saturated heterocycles. The number of aliphatic hydroxyl groups excluding tert-OH is 8. The average molecular weight is 443 g/mol. The van der Waals surface area contributed by atoms with E-state index in [9.17, 15) is 45.6 Å². The van der Waals surface area contributed by atoms with Gasteiger partial charge < -0.3 is 50.3 Å². The van der Waals surface area contributed by atoms with Crippen LogP contribution in [0.3, 0.4) is 0 Å².